The number of benzene rings is 1. The van der Waals surface area contributed by atoms with Crippen molar-refractivity contribution in [1.82, 2.24) is 9.88 Å². The minimum Gasteiger partial charge on any atom is -0.315 e. The van der Waals surface area contributed by atoms with Gasteiger partial charge in [0.2, 0.25) is 11.8 Å². The quantitative estimate of drug-likeness (QED) is 0.734. The molecule has 4 rings (SSSR count). The number of hydrogen-bond donors (Lipinski definition) is 1. The molecule has 0 saturated carbocycles. The number of hydrogen-bond acceptors (Lipinski definition) is 6. The van der Waals surface area contributed by atoms with E-state index in [2.05, 4.69) is 10.3 Å². The van der Waals surface area contributed by atoms with E-state index in [0.29, 0.717) is 29.2 Å². The van der Waals surface area contributed by atoms with Crippen molar-refractivity contribution in [2.45, 2.75) is 43.0 Å². The number of nitrogens with one attached hydrogen (secondary N) is 1. The predicted molar refractivity (Wildman–Crippen MR) is 114 cm³/mol. The van der Waals surface area contributed by atoms with Gasteiger partial charge < -0.3 is 10.2 Å². The maximum absolute atomic E-state index is 13.2. The highest BCUT2D eigenvalue weighted by atomic mass is 32.2. The van der Waals surface area contributed by atoms with Crippen LogP contribution in [0.4, 0.5) is 10.8 Å². The molecule has 3 amide bonds. The maximum Gasteiger partial charge on any atom is 0.257 e. The van der Waals surface area contributed by atoms with Crippen LogP contribution < -0.4 is 10.2 Å². The first kappa shape index (κ1) is 19.9. The van der Waals surface area contributed by atoms with E-state index in [0.717, 1.165) is 9.90 Å². The van der Waals surface area contributed by atoms with Crippen LogP contribution in [0.5, 0.6) is 0 Å². The Morgan fingerprint density at radius 3 is 2.83 bits per heavy atom. The van der Waals surface area contributed by atoms with Crippen LogP contribution in [-0.4, -0.2) is 46.1 Å². The molecule has 0 radical (unpaired) electrons. The Bertz CT molecular complexity index is 1010. The lowest BCUT2D eigenvalue weighted by Gasteiger charge is -2.48. The summed E-state index contributed by atoms with van der Waals surface area (Å²) in [6.07, 6.45) is 3.05. The molecular formula is C20H22N4O3S2. The standard InChI is InChI=1S/C20H22N4O3S2/c1-12-18(28-3)29-19(21-12)22-15(25)9-11-23-17(27)13-6-4-5-7-14(13)24-16(26)8-10-20(23,24)2/h4-7H,8-11H2,1-3H3,(H,21,22,25). The normalized spacial score (nSPS) is 20.7. The second kappa shape index (κ2) is 7.46. The maximum atomic E-state index is 13.2. The highest BCUT2D eigenvalue weighted by Crippen LogP contribution is 2.44. The molecule has 29 heavy (non-hydrogen) atoms. The van der Waals surface area contributed by atoms with Gasteiger partial charge >= 0.3 is 0 Å². The molecule has 1 aromatic heterocycles. The van der Waals surface area contributed by atoms with Crippen molar-refractivity contribution in [3.63, 3.8) is 0 Å². The number of para-hydroxylation sites is 1. The Labute approximate surface area is 177 Å². The number of carbonyl (C=O) groups is 3. The summed E-state index contributed by atoms with van der Waals surface area (Å²) in [4.78, 5) is 46.0. The molecule has 2 aliphatic rings. The molecule has 2 aromatic rings. The van der Waals surface area contributed by atoms with E-state index in [1.54, 1.807) is 33.7 Å². The van der Waals surface area contributed by atoms with Crippen molar-refractivity contribution in [1.29, 1.82) is 0 Å². The molecule has 1 aromatic carbocycles. The molecule has 3 heterocycles. The van der Waals surface area contributed by atoms with Crippen molar-refractivity contribution < 1.29 is 14.4 Å². The van der Waals surface area contributed by atoms with Gasteiger partial charge in [-0.3, -0.25) is 19.3 Å². The average Bonchev–Trinajstić information content (AvgIpc) is 3.20. The number of nitrogens with zero attached hydrogens (tertiary/aromatic N) is 3. The highest BCUT2D eigenvalue weighted by Gasteiger charge is 2.52. The van der Waals surface area contributed by atoms with E-state index < -0.39 is 5.66 Å². The number of fused-ring (bicyclic) bond motifs is 3. The van der Waals surface area contributed by atoms with Crippen LogP contribution in [-0.2, 0) is 9.59 Å². The zero-order chi connectivity index (χ0) is 20.8. The number of rotatable bonds is 5. The predicted octanol–water partition coefficient (Wildman–Crippen LogP) is 3.50. The first-order valence-corrected chi connectivity index (χ1v) is 11.4. The molecule has 1 unspecified atom stereocenters. The third kappa shape index (κ3) is 3.32. The van der Waals surface area contributed by atoms with Crippen LogP contribution in [0.1, 0.15) is 42.2 Å². The zero-order valence-electron chi connectivity index (χ0n) is 16.5. The molecular weight excluding hydrogens is 408 g/mol. The lowest BCUT2D eigenvalue weighted by molar-refractivity contribution is -0.117. The third-order valence-electron chi connectivity index (χ3n) is 5.49. The second-order valence-electron chi connectivity index (χ2n) is 7.31. The lowest BCUT2D eigenvalue weighted by Crippen LogP contribution is -2.62. The largest absolute Gasteiger partial charge is 0.315 e. The number of carbonyl (C=O) groups excluding carboxylic acids is 3. The van der Waals surface area contributed by atoms with Crippen LogP contribution >= 0.6 is 23.1 Å². The van der Waals surface area contributed by atoms with Gasteiger partial charge in [-0.2, -0.15) is 0 Å². The molecule has 0 spiro atoms. The Morgan fingerprint density at radius 2 is 2.10 bits per heavy atom. The van der Waals surface area contributed by atoms with E-state index in [-0.39, 0.29) is 30.7 Å². The number of anilines is 2. The van der Waals surface area contributed by atoms with E-state index >= 15 is 0 Å². The highest BCUT2D eigenvalue weighted by molar-refractivity contribution is 8.00. The van der Waals surface area contributed by atoms with Gasteiger partial charge in [-0.05, 0) is 38.7 Å². The Morgan fingerprint density at radius 1 is 1.34 bits per heavy atom. The number of thiazole rings is 1. The summed E-state index contributed by atoms with van der Waals surface area (Å²) in [7, 11) is 0. The summed E-state index contributed by atoms with van der Waals surface area (Å²) in [6, 6.07) is 7.17. The molecule has 1 saturated heterocycles. The monoisotopic (exact) mass is 430 g/mol. The van der Waals surface area contributed by atoms with Gasteiger partial charge in [0.1, 0.15) is 5.66 Å². The Balaban J connectivity index is 1.53. The molecule has 9 heteroatoms. The molecule has 7 nitrogen and oxygen atoms in total. The number of aromatic nitrogens is 1. The zero-order valence-corrected chi connectivity index (χ0v) is 18.2. The summed E-state index contributed by atoms with van der Waals surface area (Å²) in [5.41, 5.74) is 1.31. The van der Waals surface area contributed by atoms with Crippen LogP contribution in [0.3, 0.4) is 0 Å². The smallest absolute Gasteiger partial charge is 0.257 e. The number of thioether (sulfide) groups is 1. The van der Waals surface area contributed by atoms with Gasteiger partial charge in [-0.15, -0.1) is 11.8 Å². The second-order valence-corrected chi connectivity index (χ2v) is 9.39. The van der Waals surface area contributed by atoms with E-state index in [4.69, 9.17) is 0 Å². The van der Waals surface area contributed by atoms with Crippen LogP contribution in [0.15, 0.2) is 28.5 Å². The average molecular weight is 431 g/mol. The van der Waals surface area contributed by atoms with Crippen molar-refractivity contribution in [2.75, 3.05) is 23.0 Å². The molecule has 2 aliphatic heterocycles. The van der Waals surface area contributed by atoms with Gasteiger partial charge in [0.05, 0.1) is 21.2 Å². The first-order valence-electron chi connectivity index (χ1n) is 9.40. The number of aryl methyl sites for hydroxylation is 1. The van der Waals surface area contributed by atoms with Gasteiger partial charge in [0.15, 0.2) is 5.13 Å². The fourth-order valence-electron chi connectivity index (χ4n) is 4.06. The van der Waals surface area contributed by atoms with Crippen molar-refractivity contribution in [3.05, 3.63) is 35.5 Å². The minimum absolute atomic E-state index is 0.00440. The van der Waals surface area contributed by atoms with Gasteiger partial charge in [0, 0.05) is 19.4 Å². The van der Waals surface area contributed by atoms with Crippen molar-refractivity contribution in [3.8, 4) is 0 Å². The summed E-state index contributed by atoms with van der Waals surface area (Å²) >= 11 is 3.04. The SMILES string of the molecule is CSc1sc(NC(=O)CCN2C(=O)c3ccccc3N3C(=O)CCC23C)nc1C. The van der Waals surface area contributed by atoms with Crippen LogP contribution in [0, 0.1) is 6.92 Å². The molecule has 1 atom stereocenters. The molecule has 0 aliphatic carbocycles. The topological polar surface area (TPSA) is 82.6 Å². The fourth-order valence-corrected chi connectivity index (χ4v) is 5.69. The van der Waals surface area contributed by atoms with E-state index in [1.807, 2.05) is 32.2 Å². The third-order valence-corrected chi connectivity index (χ3v) is 7.78. The van der Waals surface area contributed by atoms with E-state index in [1.165, 1.54) is 11.3 Å². The number of amides is 3. The summed E-state index contributed by atoms with van der Waals surface area (Å²) < 4.78 is 1.07. The molecule has 1 fully saturated rings. The van der Waals surface area contributed by atoms with Crippen LogP contribution in [0.2, 0.25) is 0 Å². The molecule has 1 N–H and O–H groups in total. The fraction of sp³-hybridized carbons (Fsp3) is 0.400. The summed E-state index contributed by atoms with van der Waals surface area (Å²) in [6.45, 7) is 4.05. The minimum atomic E-state index is -0.743. The summed E-state index contributed by atoms with van der Waals surface area (Å²) in [5, 5.41) is 3.39. The molecule has 152 valence electrons. The molecule has 0 bridgehead atoms. The summed E-state index contributed by atoms with van der Waals surface area (Å²) in [5.74, 6) is -0.334. The Hall–Kier alpha value is -2.39. The van der Waals surface area contributed by atoms with Crippen LogP contribution in [0.25, 0.3) is 0 Å². The van der Waals surface area contributed by atoms with Crippen molar-refractivity contribution >= 4 is 51.6 Å². The van der Waals surface area contributed by atoms with Gasteiger partial charge in [-0.25, -0.2) is 4.98 Å². The van der Waals surface area contributed by atoms with Gasteiger partial charge in [-0.1, -0.05) is 23.5 Å². The van der Waals surface area contributed by atoms with Crippen molar-refractivity contribution in [2.24, 2.45) is 0 Å². The van der Waals surface area contributed by atoms with E-state index in [9.17, 15) is 14.4 Å². The Kier molecular flexibility index (Phi) is 5.12. The van der Waals surface area contributed by atoms with Gasteiger partial charge in [0.25, 0.3) is 5.91 Å². The first-order chi connectivity index (χ1) is 13.8. The lowest BCUT2D eigenvalue weighted by atomic mass is 9.98.